The van der Waals surface area contributed by atoms with Gasteiger partial charge in [-0.25, -0.2) is 14.8 Å². The topological polar surface area (TPSA) is 110 Å². The molecule has 1 aromatic heterocycles. The smallest absolute Gasteiger partial charge is 0.416 e. The molecule has 8 nitrogen and oxygen atoms in total. The normalized spacial score (nSPS) is 13.7. The van der Waals surface area contributed by atoms with Crippen molar-refractivity contribution in [3.05, 3.63) is 46.8 Å². The maximum Gasteiger partial charge on any atom is 0.416 e. The maximum atomic E-state index is 13.1. The summed E-state index contributed by atoms with van der Waals surface area (Å²) in [6.07, 6.45) is -3.68. The third-order valence-corrected chi connectivity index (χ3v) is 4.11. The number of halogens is 3. The number of hydrogen-bond donors (Lipinski definition) is 2. The lowest BCUT2D eigenvalue weighted by atomic mass is 10.1. The quantitative estimate of drug-likeness (QED) is 0.781. The molecule has 1 aromatic carbocycles. The molecule has 0 bridgehead atoms. The molecule has 0 unspecified atom stereocenters. The molecule has 3 N–H and O–H groups in total. The molecule has 0 atom stereocenters. The third kappa shape index (κ3) is 4.97. The van der Waals surface area contributed by atoms with Crippen LogP contribution in [0.3, 0.4) is 0 Å². The Labute approximate surface area is 170 Å². The first-order chi connectivity index (χ1) is 13.8. The fourth-order valence-corrected chi connectivity index (χ4v) is 2.80. The number of nitrogens with zero attached hydrogens (tertiary/aromatic N) is 3. The minimum Gasteiger partial charge on any atom is -0.444 e. The number of amides is 2. The Morgan fingerprint density at radius 1 is 1.17 bits per heavy atom. The number of nitrogens with one attached hydrogen (secondary N) is 1. The number of ether oxygens (including phenoxy) is 1. The van der Waals surface area contributed by atoms with Gasteiger partial charge in [-0.3, -0.25) is 9.69 Å². The molecule has 1 aliphatic rings. The van der Waals surface area contributed by atoms with E-state index in [0.29, 0.717) is 17.3 Å². The minimum atomic E-state index is -4.66. The lowest BCUT2D eigenvalue weighted by Crippen LogP contribution is -2.33. The highest BCUT2D eigenvalue weighted by Gasteiger charge is 2.32. The predicted octanol–water partition coefficient (Wildman–Crippen LogP) is 3.59. The van der Waals surface area contributed by atoms with Crippen molar-refractivity contribution in [2.75, 3.05) is 5.32 Å². The van der Waals surface area contributed by atoms with Gasteiger partial charge in [-0.1, -0.05) is 0 Å². The maximum absolute atomic E-state index is 13.1. The average molecular weight is 423 g/mol. The van der Waals surface area contributed by atoms with Crippen LogP contribution in [0.15, 0.2) is 24.4 Å². The van der Waals surface area contributed by atoms with E-state index >= 15 is 0 Å². The van der Waals surface area contributed by atoms with E-state index in [1.807, 2.05) is 0 Å². The molecular formula is C19H20F3N5O3. The van der Waals surface area contributed by atoms with Crippen LogP contribution in [0, 0.1) is 0 Å². The molecule has 2 heterocycles. The van der Waals surface area contributed by atoms with Crippen LogP contribution >= 0.6 is 0 Å². The van der Waals surface area contributed by atoms with Gasteiger partial charge in [0.25, 0.3) is 0 Å². The zero-order valence-electron chi connectivity index (χ0n) is 16.5. The first kappa shape index (κ1) is 21.3. The van der Waals surface area contributed by atoms with Crippen molar-refractivity contribution in [1.82, 2.24) is 14.9 Å². The lowest BCUT2D eigenvalue weighted by Gasteiger charge is -2.23. The molecule has 0 saturated heterocycles. The molecule has 0 saturated carbocycles. The van der Waals surface area contributed by atoms with Gasteiger partial charge in [-0.2, -0.15) is 13.2 Å². The summed E-state index contributed by atoms with van der Waals surface area (Å²) in [5.41, 5.74) is 4.36. The number of nitrogens with two attached hydrogens (primary N) is 1. The number of primary amides is 1. The summed E-state index contributed by atoms with van der Waals surface area (Å²) in [6.45, 7) is 5.71. The highest BCUT2D eigenvalue weighted by Crippen LogP contribution is 2.33. The van der Waals surface area contributed by atoms with Crippen molar-refractivity contribution in [2.24, 2.45) is 5.73 Å². The molecule has 2 aromatic rings. The fourth-order valence-electron chi connectivity index (χ4n) is 2.80. The number of anilines is 2. The first-order valence-corrected chi connectivity index (χ1v) is 8.94. The van der Waals surface area contributed by atoms with Gasteiger partial charge in [0.05, 0.1) is 24.3 Å². The van der Waals surface area contributed by atoms with Crippen molar-refractivity contribution < 1.29 is 27.5 Å². The molecule has 160 valence electrons. The van der Waals surface area contributed by atoms with E-state index in [-0.39, 0.29) is 30.3 Å². The molecule has 1 aliphatic heterocycles. The Morgan fingerprint density at radius 2 is 1.87 bits per heavy atom. The highest BCUT2D eigenvalue weighted by molar-refractivity contribution is 5.94. The van der Waals surface area contributed by atoms with E-state index in [1.165, 1.54) is 17.2 Å². The van der Waals surface area contributed by atoms with Gasteiger partial charge < -0.3 is 15.8 Å². The largest absolute Gasteiger partial charge is 0.444 e. The Balaban J connectivity index is 1.81. The Hall–Kier alpha value is -3.37. The van der Waals surface area contributed by atoms with E-state index in [0.717, 1.165) is 6.07 Å². The van der Waals surface area contributed by atoms with E-state index in [9.17, 15) is 22.8 Å². The summed E-state index contributed by atoms with van der Waals surface area (Å²) >= 11 is 0. The highest BCUT2D eigenvalue weighted by atomic mass is 19.4. The van der Waals surface area contributed by atoms with Crippen LogP contribution in [0.4, 0.5) is 29.6 Å². The summed E-state index contributed by atoms with van der Waals surface area (Å²) in [6, 6.07) is 2.69. The van der Waals surface area contributed by atoms with Crippen LogP contribution in [0.1, 0.15) is 48.0 Å². The van der Waals surface area contributed by atoms with Crippen LogP contribution in [0.25, 0.3) is 0 Å². The van der Waals surface area contributed by atoms with Crippen LogP contribution in [-0.4, -0.2) is 32.5 Å². The van der Waals surface area contributed by atoms with Crippen LogP contribution in [0.2, 0.25) is 0 Å². The summed E-state index contributed by atoms with van der Waals surface area (Å²) < 4.78 is 44.6. The van der Waals surface area contributed by atoms with Gasteiger partial charge in [-0.05, 0) is 39.0 Å². The molecule has 0 radical (unpaired) electrons. The number of hydrogen-bond acceptors (Lipinski definition) is 6. The van der Waals surface area contributed by atoms with Gasteiger partial charge in [0.1, 0.15) is 5.60 Å². The second-order valence-electron chi connectivity index (χ2n) is 7.79. The van der Waals surface area contributed by atoms with E-state index < -0.39 is 29.3 Å². The predicted molar refractivity (Wildman–Crippen MR) is 101 cm³/mol. The molecule has 30 heavy (non-hydrogen) atoms. The number of aromatic nitrogens is 2. The van der Waals surface area contributed by atoms with Crippen LogP contribution in [-0.2, 0) is 24.0 Å². The number of fused-ring (bicyclic) bond motifs is 1. The lowest BCUT2D eigenvalue weighted by molar-refractivity contribution is -0.137. The van der Waals surface area contributed by atoms with Crippen molar-refractivity contribution in [1.29, 1.82) is 0 Å². The monoisotopic (exact) mass is 423 g/mol. The van der Waals surface area contributed by atoms with Gasteiger partial charge in [0, 0.05) is 23.0 Å². The van der Waals surface area contributed by atoms with Crippen molar-refractivity contribution in [3.63, 3.8) is 0 Å². The molecule has 3 rings (SSSR count). The number of carbonyl (C=O) groups is 2. The zero-order chi connectivity index (χ0) is 22.3. The second-order valence-corrected chi connectivity index (χ2v) is 7.79. The SMILES string of the molecule is CC(C)(C)OC(=O)N1Cc2cnc(Nc3cc(C(N)=O)cc(C(F)(F)F)c3)nc2C1. The Bertz CT molecular complexity index is 1000. The fraction of sp³-hybridized carbons (Fsp3) is 0.368. The van der Waals surface area contributed by atoms with E-state index in [1.54, 1.807) is 20.8 Å². The number of alkyl halides is 3. The summed E-state index contributed by atoms with van der Waals surface area (Å²) in [4.78, 5) is 33.4. The summed E-state index contributed by atoms with van der Waals surface area (Å²) in [5.74, 6) is -0.971. The van der Waals surface area contributed by atoms with Gasteiger partial charge in [0.15, 0.2) is 0 Å². The molecule has 11 heteroatoms. The van der Waals surface area contributed by atoms with Crippen LogP contribution in [0.5, 0.6) is 0 Å². The van der Waals surface area contributed by atoms with Crippen LogP contribution < -0.4 is 11.1 Å². The van der Waals surface area contributed by atoms with Crippen molar-refractivity contribution in [2.45, 2.75) is 45.6 Å². The van der Waals surface area contributed by atoms with Gasteiger partial charge in [-0.15, -0.1) is 0 Å². The summed E-state index contributed by atoms with van der Waals surface area (Å²) in [7, 11) is 0. The van der Waals surface area contributed by atoms with Crippen molar-refractivity contribution >= 4 is 23.6 Å². The van der Waals surface area contributed by atoms with Gasteiger partial charge >= 0.3 is 12.3 Å². The van der Waals surface area contributed by atoms with E-state index in [2.05, 4.69) is 15.3 Å². The standard InChI is InChI=1S/C19H20F3N5O3/c1-18(2,3)30-17(29)27-8-11-7-24-16(26-14(11)9-27)25-13-5-10(15(23)28)4-12(6-13)19(20,21)22/h4-7H,8-9H2,1-3H3,(H2,23,28)(H,24,25,26). The Kier molecular flexibility index (Phi) is 5.31. The second kappa shape index (κ2) is 7.47. The zero-order valence-corrected chi connectivity index (χ0v) is 16.5. The molecule has 2 amide bonds. The number of rotatable bonds is 3. The average Bonchev–Trinajstić information content (AvgIpc) is 3.03. The molecular weight excluding hydrogens is 403 g/mol. The first-order valence-electron chi connectivity index (χ1n) is 8.94. The molecule has 0 spiro atoms. The van der Waals surface area contributed by atoms with E-state index in [4.69, 9.17) is 10.5 Å². The summed E-state index contributed by atoms with van der Waals surface area (Å²) in [5, 5.41) is 2.66. The number of carbonyl (C=O) groups excluding carboxylic acids is 2. The minimum absolute atomic E-state index is 0.0227. The third-order valence-electron chi connectivity index (χ3n) is 4.11. The Morgan fingerprint density at radius 3 is 2.47 bits per heavy atom. The molecule has 0 aliphatic carbocycles. The molecule has 0 fully saturated rings. The number of benzene rings is 1. The van der Waals surface area contributed by atoms with Gasteiger partial charge in [0.2, 0.25) is 11.9 Å². The van der Waals surface area contributed by atoms with Crippen molar-refractivity contribution in [3.8, 4) is 0 Å².